The number of carbonyl (C=O) groups is 2. The molecule has 0 radical (unpaired) electrons. The number of benzene rings is 1. The highest BCUT2D eigenvalue weighted by atomic mass is 79.9. The van der Waals surface area contributed by atoms with Gasteiger partial charge in [-0.3, -0.25) is 4.79 Å². The minimum atomic E-state index is -1.12. The number of carboxylic acids is 1. The summed E-state index contributed by atoms with van der Waals surface area (Å²) in [7, 11) is 0. The Hall–Kier alpha value is -1.11. The van der Waals surface area contributed by atoms with Crippen LogP contribution < -0.4 is 0 Å². The molecule has 2 rings (SSSR count). The molecule has 1 aromatic carbocycles. The van der Waals surface area contributed by atoms with Crippen molar-refractivity contribution in [2.45, 2.75) is 25.5 Å². The van der Waals surface area contributed by atoms with Crippen LogP contribution in [-0.4, -0.2) is 41.1 Å². The minimum absolute atomic E-state index is 0.221. The van der Waals surface area contributed by atoms with Crippen LogP contribution in [0, 0.1) is 0 Å². The van der Waals surface area contributed by atoms with Crippen molar-refractivity contribution in [3.8, 4) is 0 Å². The van der Waals surface area contributed by atoms with E-state index in [9.17, 15) is 14.7 Å². The van der Waals surface area contributed by atoms with Crippen molar-refractivity contribution in [1.82, 2.24) is 4.90 Å². The SMILES string of the molecule is CCCN1C(=O)COC(C(=O)O)C1c1ccc(Br)cc1Cl. The zero-order valence-corrected chi connectivity index (χ0v) is 13.7. The van der Waals surface area contributed by atoms with Gasteiger partial charge >= 0.3 is 5.97 Å². The zero-order valence-electron chi connectivity index (χ0n) is 11.4. The number of rotatable bonds is 4. The molecule has 1 N–H and O–H groups in total. The minimum Gasteiger partial charge on any atom is -0.479 e. The van der Waals surface area contributed by atoms with Gasteiger partial charge in [0.1, 0.15) is 6.61 Å². The number of ether oxygens (including phenoxy) is 1. The molecule has 2 atom stereocenters. The van der Waals surface area contributed by atoms with E-state index in [1.54, 1.807) is 18.2 Å². The number of hydrogen-bond donors (Lipinski definition) is 1. The van der Waals surface area contributed by atoms with E-state index in [1.807, 2.05) is 6.92 Å². The first-order valence-electron chi connectivity index (χ1n) is 6.54. The molecule has 7 heteroatoms. The van der Waals surface area contributed by atoms with E-state index >= 15 is 0 Å². The molecule has 0 aliphatic carbocycles. The van der Waals surface area contributed by atoms with Crippen molar-refractivity contribution in [2.24, 2.45) is 0 Å². The number of nitrogens with zero attached hydrogens (tertiary/aromatic N) is 1. The van der Waals surface area contributed by atoms with Crippen LogP contribution in [0.15, 0.2) is 22.7 Å². The van der Waals surface area contributed by atoms with Crippen molar-refractivity contribution < 1.29 is 19.4 Å². The monoisotopic (exact) mass is 375 g/mol. The number of carbonyl (C=O) groups excluding carboxylic acids is 1. The highest BCUT2D eigenvalue weighted by Gasteiger charge is 2.42. The van der Waals surface area contributed by atoms with E-state index in [-0.39, 0.29) is 12.5 Å². The number of morpholine rings is 1. The van der Waals surface area contributed by atoms with Crippen LogP contribution >= 0.6 is 27.5 Å². The average molecular weight is 377 g/mol. The van der Waals surface area contributed by atoms with Gasteiger partial charge in [-0.1, -0.05) is 40.5 Å². The van der Waals surface area contributed by atoms with Crippen LogP contribution in [0.25, 0.3) is 0 Å². The Kier molecular flexibility index (Phi) is 5.24. The van der Waals surface area contributed by atoms with Crippen LogP contribution in [0.5, 0.6) is 0 Å². The zero-order chi connectivity index (χ0) is 15.6. The number of amides is 1. The Morgan fingerprint density at radius 2 is 2.29 bits per heavy atom. The van der Waals surface area contributed by atoms with E-state index in [0.29, 0.717) is 17.1 Å². The maximum Gasteiger partial charge on any atom is 0.335 e. The Balaban J connectivity index is 2.48. The van der Waals surface area contributed by atoms with Gasteiger partial charge in [-0.2, -0.15) is 0 Å². The van der Waals surface area contributed by atoms with E-state index in [4.69, 9.17) is 16.3 Å². The Morgan fingerprint density at radius 1 is 1.57 bits per heavy atom. The molecular weight excluding hydrogens is 362 g/mol. The first-order valence-corrected chi connectivity index (χ1v) is 7.71. The molecule has 0 bridgehead atoms. The molecule has 21 heavy (non-hydrogen) atoms. The maximum atomic E-state index is 12.1. The molecule has 114 valence electrons. The van der Waals surface area contributed by atoms with Gasteiger partial charge in [0.2, 0.25) is 5.91 Å². The molecule has 2 unspecified atom stereocenters. The van der Waals surface area contributed by atoms with Crippen LogP contribution in [0.4, 0.5) is 0 Å². The molecule has 1 aliphatic heterocycles. The summed E-state index contributed by atoms with van der Waals surface area (Å²) >= 11 is 9.54. The summed E-state index contributed by atoms with van der Waals surface area (Å²) in [6.07, 6.45) is -0.393. The van der Waals surface area contributed by atoms with Gasteiger partial charge in [0, 0.05) is 16.0 Å². The second kappa shape index (κ2) is 6.77. The van der Waals surface area contributed by atoms with E-state index in [2.05, 4.69) is 15.9 Å². The van der Waals surface area contributed by atoms with Gasteiger partial charge < -0.3 is 14.7 Å². The molecule has 0 spiro atoms. The van der Waals surface area contributed by atoms with Crippen molar-refractivity contribution in [3.05, 3.63) is 33.3 Å². The van der Waals surface area contributed by atoms with E-state index in [0.717, 1.165) is 10.9 Å². The fourth-order valence-electron chi connectivity index (χ4n) is 2.44. The van der Waals surface area contributed by atoms with Crippen molar-refractivity contribution in [1.29, 1.82) is 0 Å². The summed E-state index contributed by atoms with van der Waals surface area (Å²) in [5.74, 6) is -1.33. The van der Waals surface area contributed by atoms with Crippen molar-refractivity contribution >= 4 is 39.4 Å². The molecule has 0 aromatic heterocycles. The van der Waals surface area contributed by atoms with Gasteiger partial charge in [-0.15, -0.1) is 0 Å². The lowest BCUT2D eigenvalue weighted by atomic mass is 9.97. The predicted octanol–water partition coefficient (Wildman–Crippen LogP) is 2.87. The quantitative estimate of drug-likeness (QED) is 0.877. The molecule has 1 aliphatic rings. The fourth-order valence-corrected chi connectivity index (χ4v) is 3.22. The van der Waals surface area contributed by atoms with Gasteiger partial charge in [0.15, 0.2) is 6.10 Å². The normalized spacial score (nSPS) is 22.4. The Bertz CT molecular complexity index is 566. The standard InChI is InChI=1S/C14H15BrClNO4/c1-2-5-17-11(18)7-21-13(14(19)20)12(17)9-4-3-8(15)6-10(9)16/h3-4,6,12-13H,2,5,7H2,1H3,(H,19,20). The largest absolute Gasteiger partial charge is 0.479 e. The van der Waals surface area contributed by atoms with Gasteiger partial charge in [0.05, 0.1) is 6.04 Å². The number of hydrogen-bond acceptors (Lipinski definition) is 3. The summed E-state index contributed by atoms with van der Waals surface area (Å²) in [5, 5.41) is 9.78. The second-order valence-electron chi connectivity index (χ2n) is 4.77. The average Bonchev–Trinajstić information content (AvgIpc) is 2.41. The molecular formula is C14H15BrClNO4. The molecule has 1 aromatic rings. The Labute approximate surface area is 136 Å². The summed E-state index contributed by atoms with van der Waals surface area (Å²) in [6, 6.07) is 4.45. The number of aliphatic carboxylic acids is 1. The summed E-state index contributed by atoms with van der Waals surface area (Å²) < 4.78 is 6.00. The molecule has 1 amide bonds. The number of halogens is 2. The highest BCUT2D eigenvalue weighted by Crippen LogP contribution is 2.36. The first-order chi connectivity index (χ1) is 9.95. The third-order valence-corrected chi connectivity index (χ3v) is 4.14. The lowest BCUT2D eigenvalue weighted by Gasteiger charge is -2.39. The first kappa shape index (κ1) is 16.3. The molecule has 5 nitrogen and oxygen atoms in total. The topological polar surface area (TPSA) is 66.8 Å². The summed E-state index contributed by atoms with van der Waals surface area (Å²) in [6.45, 7) is 2.17. The lowest BCUT2D eigenvalue weighted by molar-refractivity contribution is -0.173. The molecule has 1 fully saturated rings. The van der Waals surface area contributed by atoms with Crippen molar-refractivity contribution in [3.63, 3.8) is 0 Å². The summed E-state index contributed by atoms with van der Waals surface area (Å²) in [5.41, 5.74) is 0.578. The maximum absolute atomic E-state index is 12.1. The van der Waals surface area contributed by atoms with Crippen LogP contribution in [-0.2, 0) is 14.3 Å². The Morgan fingerprint density at radius 3 is 2.86 bits per heavy atom. The molecule has 0 saturated carbocycles. The third-order valence-electron chi connectivity index (χ3n) is 3.32. The lowest BCUT2D eigenvalue weighted by Crippen LogP contribution is -2.52. The van der Waals surface area contributed by atoms with Crippen LogP contribution in [0.3, 0.4) is 0 Å². The smallest absolute Gasteiger partial charge is 0.335 e. The van der Waals surface area contributed by atoms with Crippen LogP contribution in [0.2, 0.25) is 5.02 Å². The fraction of sp³-hybridized carbons (Fsp3) is 0.429. The van der Waals surface area contributed by atoms with Gasteiger partial charge in [-0.25, -0.2) is 4.79 Å². The number of carboxylic acid groups (broad SMARTS) is 1. The van der Waals surface area contributed by atoms with E-state index < -0.39 is 18.1 Å². The predicted molar refractivity (Wildman–Crippen MR) is 81.3 cm³/mol. The van der Waals surface area contributed by atoms with E-state index in [1.165, 1.54) is 4.90 Å². The summed E-state index contributed by atoms with van der Waals surface area (Å²) in [4.78, 5) is 25.1. The third kappa shape index (κ3) is 3.39. The highest BCUT2D eigenvalue weighted by molar-refractivity contribution is 9.10. The van der Waals surface area contributed by atoms with Crippen molar-refractivity contribution in [2.75, 3.05) is 13.2 Å². The molecule has 1 saturated heterocycles. The molecule has 1 heterocycles. The van der Waals surface area contributed by atoms with Gasteiger partial charge in [-0.05, 0) is 24.1 Å². The second-order valence-corrected chi connectivity index (χ2v) is 6.09. The van der Waals surface area contributed by atoms with Crippen LogP contribution in [0.1, 0.15) is 24.9 Å². The van der Waals surface area contributed by atoms with Gasteiger partial charge in [0.25, 0.3) is 0 Å².